The Morgan fingerprint density at radius 3 is 2.50 bits per heavy atom. The van der Waals surface area contributed by atoms with Crippen molar-refractivity contribution in [1.82, 2.24) is 0 Å². The average Bonchev–Trinajstić information content (AvgIpc) is 2.68. The van der Waals surface area contributed by atoms with Gasteiger partial charge in [-0.05, 0) is 37.1 Å². The number of halogens is 1. The van der Waals surface area contributed by atoms with Crippen molar-refractivity contribution in [2.75, 3.05) is 0 Å². The highest BCUT2D eigenvalue weighted by atomic mass is 19.1. The smallest absolute Gasteiger partial charge is 0.126 e. The molecule has 0 amide bonds. The number of aliphatic hydroxyl groups excluding tert-OH is 1. The topological polar surface area (TPSA) is 33.4 Å². The minimum absolute atomic E-state index is 0.265. The lowest BCUT2D eigenvalue weighted by molar-refractivity contribution is 0.219. The molecule has 2 rings (SSSR count). The zero-order valence-electron chi connectivity index (χ0n) is 9.20. The lowest BCUT2D eigenvalue weighted by Crippen LogP contribution is -1.99. The fraction of sp³-hybridized carbons (Fsp3) is 0.231. The highest BCUT2D eigenvalue weighted by Crippen LogP contribution is 2.24. The molecule has 0 radical (unpaired) electrons. The molecule has 0 spiro atoms. The van der Waals surface area contributed by atoms with Gasteiger partial charge < -0.3 is 9.52 Å². The van der Waals surface area contributed by atoms with Crippen LogP contribution in [0.1, 0.15) is 28.6 Å². The number of benzene rings is 1. The average molecular weight is 220 g/mol. The fourth-order valence-corrected chi connectivity index (χ4v) is 1.64. The predicted octanol–water partition coefficient (Wildman–Crippen LogP) is 3.12. The highest BCUT2D eigenvalue weighted by molar-refractivity contribution is 5.32. The van der Waals surface area contributed by atoms with Crippen molar-refractivity contribution in [2.24, 2.45) is 0 Å². The summed E-state index contributed by atoms with van der Waals surface area (Å²) in [7, 11) is 0. The second kappa shape index (κ2) is 4.10. The molecule has 0 fully saturated rings. The van der Waals surface area contributed by atoms with Crippen molar-refractivity contribution in [1.29, 1.82) is 0 Å². The van der Waals surface area contributed by atoms with Gasteiger partial charge in [0.05, 0.1) is 6.26 Å². The van der Waals surface area contributed by atoms with Gasteiger partial charge in [0, 0.05) is 5.56 Å². The molecule has 0 aliphatic carbocycles. The lowest BCUT2D eigenvalue weighted by atomic mass is 10.0. The van der Waals surface area contributed by atoms with Gasteiger partial charge in [-0.25, -0.2) is 4.39 Å². The number of hydrogen-bond donors (Lipinski definition) is 1. The van der Waals surface area contributed by atoms with Crippen LogP contribution in [0.5, 0.6) is 0 Å². The number of furan rings is 1. The molecular weight excluding hydrogens is 207 g/mol. The third kappa shape index (κ3) is 1.99. The Morgan fingerprint density at radius 1 is 1.19 bits per heavy atom. The molecule has 16 heavy (non-hydrogen) atoms. The summed E-state index contributed by atoms with van der Waals surface area (Å²) in [6.07, 6.45) is 0.746. The molecule has 1 unspecified atom stereocenters. The van der Waals surface area contributed by atoms with E-state index >= 15 is 0 Å². The van der Waals surface area contributed by atoms with Gasteiger partial charge in [0.25, 0.3) is 0 Å². The van der Waals surface area contributed by atoms with Crippen LogP contribution in [0.4, 0.5) is 4.39 Å². The lowest BCUT2D eigenvalue weighted by Gasteiger charge is -2.09. The first-order valence-electron chi connectivity index (χ1n) is 5.07. The van der Waals surface area contributed by atoms with E-state index in [1.165, 1.54) is 12.3 Å². The monoisotopic (exact) mass is 220 g/mol. The van der Waals surface area contributed by atoms with Crippen LogP contribution < -0.4 is 0 Å². The van der Waals surface area contributed by atoms with Crippen LogP contribution in [-0.2, 0) is 0 Å². The molecule has 3 heteroatoms. The second-order valence-corrected chi connectivity index (χ2v) is 3.90. The normalized spacial score (nSPS) is 12.8. The van der Waals surface area contributed by atoms with Crippen molar-refractivity contribution < 1.29 is 13.9 Å². The quantitative estimate of drug-likeness (QED) is 0.843. The Balaban J connectivity index is 2.33. The van der Waals surface area contributed by atoms with Gasteiger partial charge in [-0.3, -0.25) is 0 Å². The van der Waals surface area contributed by atoms with Crippen LogP contribution >= 0.6 is 0 Å². The molecule has 2 aromatic rings. The van der Waals surface area contributed by atoms with Gasteiger partial charge in [0.15, 0.2) is 0 Å². The molecule has 0 aliphatic heterocycles. The van der Waals surface area contributed by atoms with Gasteiger partial charge in [-0.1, -0.05) is 12.1 Å². The van der Waals surface area contributed by atoms with E-state index in [0.29, 0.717) is 16.7 Å². The maximum absolute atomic E-state index is 13.1. The second-order valence-electron chi connectivity index (χ2n) is 3.90. The third-order valence-corrected chi connectivity index (χ3v) is 2.56. The standard InChI is InChI=1S/C13H13FO2/c1-8-5-10(3-4-12(8)14)13(15)11-6-9(2)16-7-11/h3-7,13,15H,1-2H3. The van der Waals surface area contributed by atoms with Crippen molar-refractivity contribution >= 4 is 0 Å². The summed E-state index contributed by atoms with van der Waals surface area (Å²) in [5, 5.41) is 10.0. The Labute approximate surface area is 93.3 Å². The summed E-state index contributed by atoms with van der Waals surface area (Å²) in [6, 6.07) is 6.35. The third-order valence-electron chi connectivity index (χ3n) is 2.56. The van der Waals surface area contributed by atoms with Crippen LogP contribution in [0.15, 0.2) is 34.9 Å². The van der Waals surface area contributed by atoms with E-state index in [-0.39, 0.29) is 5.82 Å². The van der Waals surface area contributed by atoms with Gasteiger partial charge >= 0.3 is 0 Å². The molecule has 1 atom stereocenters. The number of hydrogen-bond acceptors (Lipinski definition) is 2. The Kier molecular flexibility index (Phi) is 2.79. The molecule has 0 bridgehead atoms. The molecule has 0 aliphatic rings. The van der Waals surface area contributed by atoms with Gasteiger partial charge in [-0.15, -0.1) is 0 Å². The van der Waals surface area contributed by atoms with Crippen molar-refractivity contribution in [3.63, 3.8) is 0 Å². The van der Waals surface area contributed by atoms with E-state index in [4.69, 9.17) is 4.42 Å². The van der Waals surface area contributed by atoms with E-state index in [2.05, 4.69) is 0 Å². The summed E-state index contributed by atoms with van der Waals surface area (Å²) in [4.78, 5) is 0. The largest absolute Gasteiger partial charge is 0.469 e. The number of aliphatic hydroxyl groups is 1. The Bertz CT molecular complexity index is 502. The summed E-state index contributed by atoms with van der Waals surface area (Å²) in [5.74, 6) is 0.479. The van der Waals surface area contributed by atoms with E-state index in [1.54, 1.807) is 25.1 Å². The van der Waals surface area contributed by atoms with E-state index in [1.807, 2.05) is 6.92 Å². The number of rotatable bonds is 2. The van der Waals surface area contributed by atoms with Crippen LogP contribution in [0.2, 0.25) is 0 Å². The predicted molar refractivity (Wildman–Crippen MR) is 58.6 cm³/mol. The molecule has 2 nitrogen and oxygen atoms in total. The molecule has 84 valence electrons. The van der Waals surface area contributed by atoms with Gasteiger partial charge in [-0.2, -0.15) is 0 Å². The summed E-state index contributed by atoms with van der Waals surface area (Å²) in [5.41, 5.74) is 1.87. The molecule has 1 aromatic carbocycles. The maximum Gasteiger partial charge on any atom is 0.126 e. The zero-order valence-corrected chi connectivity index (χ0v) is 9.20. The van der Waals surface area contributed by atoms with E-state index in [9.17, 15) is 9.50 Å². The van der Waals surface area contributed by atoms with E-state index in [0.717, 1.165) is 5.76 Å². The molecule has 0 saturated carbocycles. The van der Waals surface area contributed by atoms with Crippen LogP contribution in [-0.4, -0.2) is 5.11 Å². The van der Waals surface area contributed by atoms with Crippen LogP contribution in [0.3, 0.4) is 0 Å². The molecule has 0 saturated heterocycles. The summed E-state index contributed by atoms with van der Waals surface area (Å²) < 4.78 is 18.2. The first-order valence-corrected chi connectivity index (χ1v) is 5.07. The SMILES string of the molecule is Cc1cc(C(O)c2ccc(F)c(C)c2)co1. The molecule has 1 aromatic heterocycles. The van der Waals surface area contributed by atoms with Gasteiger partial charge in [0.2, 0.25) is 0 Å². The fourth-order valence-electron chi connectivity index (χ4n) is 1.64. The summed E-state index contributed by atoms with van der Waals surface area (Å²) >= 11 is 0. The summed E-state index contributed by atoms with van der Waals surface area (Å²) in [6.45, 7) is 3.48. The van der Waals surface area contributed by atoms with Crippen molar-refractivity contribution in [2.45, 2.75) is 20.0 Å². The van der Waals surface area contributed by atoms with Crippen LogP contribution in [0, 0.1) is 19.7 Å². The molecular formula is C13H13FO2. The maximum atomic E-state index is 13.1. The first kappa shape index (κ1) is 10.9. The minimum Gasteiger partial charge on any atom is -0.469 e. The highest BCUT2D eigenvalue weighted by Gasteiger charge is 2.13. The van der Waals surface area contributed by atoms with Crippen molar-refractivity contribution in [3.05, 3.63) is 58.8 Å². The van der Waals surface area contributed by atoms with Crippen LogP contribution in [0.25, 0.3) is 0 Å². The zero-order chi connectivity index (χ0) is 11.7. The first-order chi connectivity index (χ1) is 7.58. The van der Waals surface area contributed by atoms with E-state index < -0.39 is 6.10 Å². The van der Waals surface area contributed by atoms with Gasteiger partial charge in [0.1, 0.15) is 17.7 Å². The van der Waals surface area contributed by atoms with Crippen molar-refractivity contribution in [3.8, 4) is 0 Å². The molecule has 1 N–H and O–H groups in total. The number of aryl methyl sites for hydroxylation is 2. The Hall–Kier alpha value is -1.61. The molecule has 1 heterocycles. The Morgan fingerprint density at radius 2 is 1.94 bits per heavy atom. The minimum atomic E-state index is -0.767.